The lowest BCUT2D eigenvalue weighted by molar-refractivity contribution is -0.124. The number of rotatable bonds is 3. The van der Waals surface area contributed by atoms with E-state index in [1.54, 1.807) is 30.3 Å². The average molecular weight is 326 g/mol. The zero-order chi connectivity index (χ0) is 16.7. The van der Waals surface area contributed by atoms with Crippen LogP contribution in [0.5, 0.6) is 0 Å². The van der Waals surface area contributed by atoms with Crippen LogP contribution in [0.4, 0.5) is 10.1 Å². The minimum Gasteiger partial charge on any atom is -0.408 e. The van der Waals surface area contributed by atoms with E-state index < -0.39 is 11.2 Å². The lowest BCUT2D eigenvalue weighted by atomic mass is 9.64. The number of oxazole rings is 1. The summed E-state index contributed by atoms with van der Waals surface area (Å²) in [4.78, 5) is 26.6. The molecule has 2 N–H and O–H groups in total. The Morgan fingerprint density at radius 3 is 2.58 bits per heavy atom. The highest BCUT2D eigenvalue weighted by Gasteiger charge is 2.45. The second-order valence-electron chi connectivity index (χ2n) is 6.12. The normalized spacial score (nSPS) is 15.9. The van der Waals surface area contributed by atoms with Gasteiger partial charge in [-0.05, 0) is 48.7 Å². The van der Waals surface area contributed by atoms with Crippen LogP contribution in [0.25, 0.3) is 11.1 Å². The molecule has 5 nitrogen and oxygen atoms in total. The largest absolute Gasteiger partial charge is 0.417 e. The van der Waals surface area contributed by atoms with Crippen LogP contribution in [0.1, 0.15) is 24.8 Å². The predicted molar refractivity (Wildman–Crippen MR) is 87.4 cm³/mol. The van der Waals surface area contributed by atoms with Crippen molar-refractivity contribution in [2.75, 3.05) is 5.32 Å². The molecule has 0 saturated heterocycles. The van der Waals surface area contributed by atoms with Crippen LogP contribution in [0.15, 0.2) is 51.7 Å². The average Bonchev–Trinajstić information content (AvgIpc) is 2.87. The minimum absolute atomic E-state index is 0.120. The van der Waals surface area contributed by atoms with Gasteiger partial charge in [0.15, 0.2) is 5.58 Å². The van der Waals surface area contributed by atoms with Crippen molar-refractivity contribution in [2.24, 2.45) is 0 Å². The van der Waals surface area contributed by atoms with Crippen LogP contribution in [-0.4, -0.2) is 10.9 Å². The van der Waals surface area contributed by atoms with E-state index in [0.29, 0.717) is 16.8 Å². The molecule has 2 aromatic carbocycles. The molecule has 1 heterocycles. The Bertz CT molecular complexity index is 968. The summed E-state index contributed by atoms with van der Waals surface area (Å²) < 4.78 is 18.1. The summed E-state index contributed by atoms with van der Waals surface area (Å²) in [5.74, 6) is -0.969. The van der Waals surface area contributed by atoms with Crippen molar-refractivity contribution in [1.82, 2.24) is 4.98 Å². The van der Waals surface area contributed by atoms with Crippen LogP contribution in [0.2, 0.25) is 0 Å². The van der Waals surface area contributed by atoms with Crippen molar-refractivity contribution >= 4 is 22.7 Å². The third-order valence-electron chi connectivity index (χ3n) is 4.72. The SMILES string of the molecule is O=C(Nc1ccc2oc(=O)[nH]c2c1)C1(c2ccc(F)cc2)CCC1. The number of carbonyl (C=O) groups is 1. The molecule has 122 valence electrons. The summed E-state index contributed by atoms with van der Waals surface area (Å²) in [6.45, 7) is 0. The lowest BCUT2D eigenvalue weighted by Crippen LogP contribution is -2.46. The highest BCUT2D eigenvalue weighted by atomic mass is 19.1. The number of amides is 1. The van der Waals surface area contributed by atoms with Gasteiger partial charge in [0.05, 0.1) is 10.9 Å². The van der Waals surface area contributed by atoms with Gasteiger partial charge in [0.2, 0.25) is 5.91 Å². The first-order valence-corrected chi connectivity index (χ1v) is 7.77. The van der Waals surface area contributed by atoms with Gasteiger partial charge in [-0.1, -0.05) is 18.6 Å². The third-order valence-corrected chi connectivity index (χ3v) is 4.72. The van der Waals surface area contributed by atoms with Crippen LogP contribution in [0, 0.1) is 5.82 Å². The summed E-state index contributed by atoms with van der Waals surface area (Å²) in [5.41, 5.74) is 1.76. The number of fused-ring (bicyclic) bond motifs is 1. The molecule has 0 radical (unpaired) electrons. The highest BCUT2D eigenvalue weighted by Crippen LogP contribution is 2.44. The van der Waals surface area contributed by atoms with E-state index in [4.69, 9.17) is 4.42 Å². The van der Waals surface area contributed by atoms with Crippen molar-refractivity contribution in [3.8, 4) is 0 Å². The molecule has 0 atom stereocenters. The number of aromatic nitrogens is 1. The number of anilines is 1. The quantitative estimate of drug-likeness (QED) is 0.775. The van der Waals surface area contributed by atoms with E-state index in [1.807, 2.05) is 0 Å². The van der Waals surface area contributed by atoms with Gasteiger partial charge in [0.1, 0.15) is 5.82 Å². The molecule has 0 spiro atoms. The van der Waals surface area contributed by atoms with Gasteiger partial charge in [0, 0.05) is 5.69 Å². The Labute approximate surface area is 136 Å². The minimum atomic E-state index is -0.619. The zero-order valence-electron chi connectivity index (χ0n) is 12.8. The number of benzene rings is 2. The van der Waals surface area contributed by atoms with E-state index in [-0.39, 0.29) is 11.7 Å². The van der Waals surface area contributed by atoms with Crippen molar-refractivity contribution in [1.29, 1.82) is 0 Å². The van der Waals surface area contributed by atoms with Gasteiger partial charge in [-0.15, -0.1) is 0 Å². The molecular formula is C18H15FN2O3. The molecule has 0 unspecified atom stereocenters. The van der Waals surface area contributed by atoms with Gasteiger partial charge in [-0.25, -0.2) is 9.18 Å². The molecule has 1 fully saturated rings. The molecule has 0 bridgehead atoms. The fourth-order valence-corrected chi connectivity index (χ4v) is 3.23. The Morgan fingerprint density at radius 1 is 1.17 bits per heavy atom. The molecule has 1 aromatic heterocycles. The summed E-state index contributed by atoms with van der Waals surface area (Å²) >= 11 is 0. The van der Waals surface area contributed by atoms with Crippen molar-refractivity contribution < 1.29 is 13.6 Å². The monoisotopic (exact) mass is 326 g/mol. The molecule has 3 aromatic rings. The van der Waals surface area contributed by atoms with Crippen molar-refractivity contribution in [3.63, 3.8) is 0 Å². The maximum atomic E-state index is 13.2. The number of carbonyl (C=O) groups excluding carboxylic acids is 1. The Hall–Kier alpha value is -2.89. The fraction of sp³-hybridized carbons (Fsp3) is 0.222. The first-order valence-electron chi connectivity index (χ1n) is 7.77. The van der Waals surface area contributed by atoms with Gasteiger partial charge >= 0.3 is 5.76 Å². The van der Waals surface area contributed by atoms with Gasteiger partial charge < -0.3 is 9.73 Å². The first kappa shape index (κ1) is 14.7. The molecule has 24 heavy (non-hydrogen) atoms. The number of nitrogens with one attached hydrogen (secondary N) is 2. The molecule has 1 aliphatic carbocycles. The molecule has 6 heteroatoms. The van der Waals surface area contributed by atoms with Crippen LogP contribution >= 0.6 is 0 Å². The molecule has 0 aliphatic heterocycles. The third kappa shape index (κ3) is 2.31. The molecular weight excluding hydrogens is 311 g/mol. The van der Waals surface area contributed by atoms with Gasteiger partial charge in [-0.3, -0.25) is 9.78 Å². The summed E-state index contributed by atoms with van der Waals surface area (Å²) in [7, 11) is 0. The van der Waals surface area contributed by atoms with Crippen LogP contribution < -0.4 is 11.1 Å². The molecule has 1 saturated carbocycles. The van der Waals surface area contributed by atoms with E-state index in [0.717, 1.165) is 24.8 Å². The Morgan fingerprint density at radius 2 is 1.92 bits per heavy atom. The zero-order valence-corrected chi connectivity index (χ0v) is 12.8. The van der Waals surface area contributed by atoms with Crippen LogP contribution in [-0.2, 0) is 10.2 Å². The summed E-state index contributed by atoms with van der Waals surface area (Å²) in [6.07, 6.45) is 2.42. The van der Waals surface area contributed by atoms with Crippen LogP contribution in [0.3, 0.4) is 0 Å². The maximum Gasteiger partial charge on any atom is 0.417 e. The summed E-state index contributed by atoms with van der Waals surface area (Å²) in [6, 6.07) is 11.1. The van der Waals surface area contributed by atoms with E-state index in [9.17, 15) is 14.0 Å². The fourth-order valence-electron chi connectivity index (χ4n) is 3.23. The lowest BCUT2D eigenvalue weighted by Gasteiger charge is -2.40. The Kier molecular flexibility index (Phi) is 3.26. The molecule has 1 amide bonds. The Balaban J connectivity index is 1.63. The number of aromatic amines is 1. The highest BCUT2D eigenvalue weighted by molar-refractivity contribution is 6.00. The first-order chi connectivity index (χ1) is 11.6. The number of hydrogen-bond acceptors (Lipinski definition) is 3. The summed E-state index contributed by atoms with van der Waals surface area (Å²) in [5, 5.41) is 2.90. The number of halogens is 1. The second kappa shape index (κ2) is 5.33. The van der Waals surface area contributed by atoms with Gasteiger partial charge in [-0.2, -0.15) is 0 Å². The predicted octanol–water partition coefficient (Wildman–Crippen LogP) is 3.32. The molecule has 4 rings (SSSR count). The van der Waals surface area contributed by atoms with Crippen molar-refractivity contribution in [2.45, 2.75) is 24.7 Å². The van der Waals surface area contributed by atoms with E-state index in [2.05, 4.69) is 10.3 Å². The smallest absolute Gasteiger partial charge is 0.408 e. The van der Waals surface area contributed by atoms with E-state index >= 15 is 0 Å². The second-order valence-corrected chi connectivity index (χ2v) is 6.12. The number of hydrogen-bond donors (Lipinski definition) is 2. The number of H-pyrrole nitrogens is 1. The van der Waals surface area contributed by atoms with Crippen molar-refractivity contribution in [3.05, 3.63) is 64.4 Å². The van der Waals surface area contributed by atoms with Gasteiger partial charge in [0.25, 0.3) is 0 Å². The van der Waals surface area contributed by atoms with E-state index in [1.165, 1.54) is 12.1 Å². The molecule has 1 aliphatic rings. The topological polar surface area (TPSA) is 75.1 Å². The maximum absolute atomic E-state index is 13.2. The standard InChI is InChI=1S/C18H15FN2O3/c19-12-4-2-11(3-5-12)18(8-1-9-18)16(22)20-13-6-7-15-14(10-13)21-17(23)24-15/h2-7,10H,1,8-9H2,(H,20,22)(H,21,23).